The van der Waals surface area contributed by atoms with Gasteiger partial charge in [-0.3, -0.25) is 4.79 Å². The minimum Gasteiger partial charge on any atom is -0.395 e. The lowest BCUT2D eigenvalue weighted by Crippen LogP contribution is -2.48. The average molecular weight is 242 g/mol. The summed E-state index contributed by atoms with van der Waals surface area (Å²) in [4.78, 5) is 13.9. The Morgan fingerprint density at radius 1 is 1.18 bits per heavy atom. The van der Waals surface area contributed by atoms with Crippen LogP contribution in [0.4, 0.5) is 0 Å². The third-order valence-corrected chi connectivity index (χ3v) is 4.32. The van der Waals surface area contributed by atoms with E-state index in [1.807, 2.05) is 0 Å². The summed E-state index contributed by atoms with van der Waals surface area (Å²) < 4.78 is 0. The van der Waals surface area contributed by atoms with Crippen LogP contribution in [0, 0.1) is 17.8 Å². The normalized spacial score (nSPS) is 35.2. The first kappa shape index (κ1) is 12.8. The lowest BCUT2D eigenvalue weighted by Gasteiger charge is -2.32. The number of fused-ring (bicyclic) bond motifs is 2. The fourth-order valence-corrected chi connectivity index (χ4v) is 3.49. The van der Waals surface area contributed by atoms with E-state index >= 15 is 0 Å². The second-order valence-electron chi connectivity index (χ2n) is 5.21. The third kappa shape index (κ3) is 2.32. The van der Waals surface area contributed by atoms with Crippen molar-refractivity contribution >= 4 is 5.91 Å². The molecule has 0 aromatic heterocycles. The molecule has 4 unspecified atom stereocenters. The van der Waals surface area contributed by atoms with Gasteiger partial charge in [-0.05, 0) is 31.1 Å². The molecule has 0 aromatic rings. The van der Waals surface area contributed by atoms with Crippen LogP contribution in [-0.2, 0) is 4.79 Å². The smallest absolute Gasteiger partial charge is 0.227 e. The number of hydrogen-bond acceptors (Lipinski definition) is 4. The third-order valence-electron chi connectivity index (χ3n) is 4.32. The molecule has 0 aliphatic heterocycles. The molecule has 4 N–H and O–H groups in total. The van der Waals surface area contributed by atoms with Gasteiger partial charge in [0.25, 0.3) is 0 Å². The van der Waals surface area contributed by atoms with Crippen LogP contribution >= 0.6 is 0 Å². The van der Waals surface area contributed by atoms with Gasteiger partial charge in [0.05, 0.1) is 19.1 Å². The van der Waals surface area contributed by atoms with Gasteiger partial charge >= 0.3 is 0 Å². The molecular formula is C12H22N2O3. The van der Waals surface area contributed by atoms with Crippen molar-refractivity contribution in [2.75, 3.05) is 26.3 Å². The number of amides is 1. The van der Waals surface area contributed by atoms with Gasteiger partial charge in [0, 0.05) is 19.1 Å². The number of carbonyl (C=O) groups excluding carboxylic acids is 1. The van der Waals surface area contributed by atoms with E-state index in [-0.39, 0.29) is 31.1 Å². The summed E-state index contributed by atoms with van der Waals surface area (Å²) in [5, 5.41) is 17.9. The standard InChI is InChI=1S/C12H22N2O3/c13-11-9-2-1-8(7-9)10(11)12(17)14(3-5-15)4-6-16/h8-11,15-16H,1-7,13H2. The van der Waals surface area contributed by atoms with E-state index in [4.69, 9.17) is 15.9 Å². The van der Waals surface area contributed by atoms with Crippen LogP contribution in [0.3, 0.4) is 0 Å². The van der Waals surface area contributed by atoms with Crippen LogP contribution in [0.1, 0.15) is 19.3 Å². The predicted molar refractivity (Wildman–Crippen MR) is 63.0 cm³/mol. The predicted octanol–water partition coefficient (Wildman–Crippen LogP) is -0.827. The summed E-state index contributed by atoms with van der Waals surface area (Å²) in [5.74, 6) is 0.848. The highest BCUT2D eigenvalue weighted by Gasteiger charge is 2.49. The van der Waals surface area contributed by atoms with E-state index in [1.54, 1.807) is 4.90 Å². The van der Waals surface area contributed by atoms with Crippen LogP contribution < -0.4 is 5.73 Å². The molecule has 2 aliphatic rings. The van der Waals surface area contributed by atoms with E-state index in [2.05, 4.69) is 0 Å². The van der Waals surface area contributed by atoms with Crippen LogP contribution in [0.25, 0.3) is 0 Å². The first-order valence-corrected chi connectivity index (χ1v) is 6.45. The van der Waals surface area contributed by atoms with Crippen molar-refractivity contribution in [1.82, 2.24) is 4.90 Å². The van der Waals surface area contributed by atoms with Crippen LogP contribution in [0.2, 0.25) is 0 Å². The van der Waals surface area contributed by atoms with Crippen LogP contribution in [0.5, 0.6) is 0 Å². The molecule has 2 rings (SSSR count). The molecule has 0 heterocycles. The summed E-state index contributed by atoms with van der Waals surface area (Å²) >= 11 is 0. The highest BCUT2D eigenvalue weighted by Crippen LogP contribution is 2.48. The molecule has 2 bridgehead atoms. The molecule has 0 spiro atoms. The van der Waals surface area contributed by atoms with Crippen molar-refractivity contribution in [2.45, 2.75) is 25.3 Å². The monoisotopic (exact) mass is 242 g/mol. The fourth-order valence-electron chi connectivity index (χ4n) is 3.49. The maximum atomic E-state index is 12.3. The first-order valence-electron chi connectivity index (χ1n) is 6.45. The zero-order valence-corrected chi connectivity index (χ0v) is 10.1. The second kappa shape index (κ2) is 5.33. The average Bonchev–Trinajstić information content (AvgIpc) is 2.88. The SMILES string of the molecule is NC1C2CCC(C2)C1C(=O)N(CCO)CCO. The Bertz CT molecular complexity index is 277. The molecule has 2 aliphatic carbocycles. The van der Waals surface area contributed by atoms with Crippen molar-refractivity contribution < 1.29 is 15.0 Å². The largest absolute Gasteiger partial charge is 0.395 e. The zero-order chi connectivity index (χ0) is 12.4. The van der Waals surface area contributed by atoms with E-state index in [0.29, 0.717) is 24.9 Å². The first-order chi connectivity index (χ1) is 8.19. The number of rotatable bonds is 5. The number of carbonyl (C=O) groups is 1. The topological polar surface area (TPSA) is 86.8 Å². The van der Waals surface area contributed by atoms with Gasteiger partial charge in [-0.15, -0.1) is 0 Å². The minimum absolute atomic E-state index is 0.0211. The van der Waals surface area contributed by atoms with Crippen LogP contribution in [0.15, 0.2) is 0 Å². The van der Waals surface area contributed by atoms with Gasteiger partial charge in [0.15, 0.2) is 0 Å². The molecule has 2 saturated carbocycles. The van der Waals surface area contributed by atoms with Gasteiger partial charge in [-0.2, -0.15) is 0 Å². The summed E-state index contributed by atoms with van der Waals surface area (Å²) in [6.45, 7) is 0.448. The van der Waals surface area contributed by atoms with Gasteiger partial charge < -0.3 is 20.8 Å². The van der Waals surface area contributed by atoms with Crippen molar-refractivity contribution in [3.05, 3.63) is 0 Å². The van der Waals surface area contributed by atoms with Crippen molar-refractivity contribution in [1.29, 1.82) is 0 Å². The number of aliphatic hydroxyl groups is 2. The molecule has 5 nitrogen and oxygen atoms in total. The summed E-state index contributed by atoms with van der Waals surface area (Å²) in [6.07, 6.45) is 3.32. The summed E-state index contributed by atoms with van der Waals surface area (Å²) in [6, 6.07) is -0.0267. The molecule has 0 saturated heterocycles. The summed E-state index contributed by atoms with van der Waals surface area (Å²) in [5.41, 5.74) is 6.12. The Balaban J connectivity index is 2.02. The van der Waals surface area contributed by atoms with E-state index in [0.717, 1.165) is 19.3 Å². The molecule has 0 aromatic carbocycles. The van der Waals surface area contributed by atoms with Gasteiger partial charge in [0.2, 0.25) is 5.91 Å². The number of nitrogens with zero attached hydrogens (tertiary/aromatic N) is 1. The molecule has 2 fully saturated rings. The van der Waals surface area contributed by atoms with E-state index < -0.39 is 0 Å². The number of hydrogen-bond donors (Lipinski definition) is 3. The maximum Gasteiger partial charge on any atom is 0.227 e. The van der Waals surface area contributed by atoms with E-state index in [1.165, 1.54) is 0 Å². The zero-order valence-electron chi connectivity index (χ0n) is 10.1. The molecule has 98 valence electrons. The Morgan fingerprint density at radius 3 is 2.24 bits per heavy atom. The second-order valence-corrected chi connectivity index (χ2v) is 5.21. The Morgan fingerprint density at radius 2 is 1.76 bits per heavy atom. The van der Waals surface area contributed by atoms with Crippen molar-refractivity contribution in [3.63, 3.8) is 0 Å². The lowest BCUT2D eigenvalue weighted by molar-refractivity contribution is -0.138. The van der Waals surface area contributed by atoms with Crippen molar-refractivity contribution in [3.8, 4) is 0 Å². The molecular weight excluding hydrogens is 220 g/mol. The number of aliphatic hydroxyl groups excluding tert-OH is 2. The molecule has 0 radical (unpaired) electrons. The van der Waals surface area contributed by atoms with Gasteiger partial charge in [0.1, 0.15) is 0 Å². The Kier molecular flexibility index (Phi) is 4.01. The molecule has 5 heteroatoms. The Hall–Kier alpha value is -0.650. The van der Waals surface area contributed by atoms with Gasteiger partial charge in [-0.1, -0.05) is 0 Å². The molecule has 1 amide bonds. The molecule has 17 heavy (non-hydrogen) atoms. The highest BCUT2D eigenvalue weighted by atomic mass is 16.3. The van der Waals surface area contributed by atoms with Crippen molar-refractivity contribution in [2.24, 2.45) is 23.5 Å². The van der Waals surface area contributed by atoms with Gasteiger partial charge in [-0.25, -0.2) is 0 Å². The Labute approximate surface area is 102 Å². The van der Waals surface area contributed by atoms with E-state index in [9.17, 15) is 4.79 Å². The van der Waals surface area contributed by atoms with Crippen LogP contribution in [-0.4, -0.2) is 53.4 Å². The minimum atomic E-state index is -0.0909. The highest BCUT2D eigenvalue weighted by molar-refractivity contribution is 5.80. The quantitative estimate of drug-likeness (QED) is 0.587. The fraction of sp³-hybridized carbons (Fsp3) is 0.917. The molecule has 4 atom stereocenters. The lowest BCUT2D eigenvalue weighted by atomic mass is 9.84. The summed E-state index contributed by atoms with van der Waals surface area (Å²) in [7, 11) is 0. The maximum absolute atomic E-state index is 12.3. The number of nitrogens with two attached hydrogens (primary N) is 1.